The quantitative estimate of drug-likeness (QED) is 0.792. The molecule has 0 spiro atoms. The first kappa shape index (κ1) is 13.3. The molecule has 2 rings (SSSR count). The molecule has 4 nitrogen and oxygen atoms in total. The van der Waals surface area contributed by atoms with Gasteiger partial charge in [-0.2, -0.15) is 0 Å². The summed E-state index contributed by atoms with van der Waals surface area (Å²) >= 11 is 0. The largest absolute Gasteiger partial charge is 0.480 e. The normalized spacial score (nSPS) is 16.2. The SMILES string of the molecule is O=C(NC(Cc1ccccc1)C(=O)O)C1CC=CC1. The standard InChI is InChI=1S/C15H17NO3/c17-14(12-8-4-5-9-12)16-13(15(18)19)10-11-6-2-1-3-7-11/h1-7,12-13H,8-10H2,(H,16,17)(H,18,19). The van der Waals surface area contributed by atoms with Crippen LogP contribution in [0.4, 0.5) is 0 Å². The third-order valence-electron chi connectivity index (χ3n) is 3.28. The molecule has 0 fully saturated rings. The second kappa shape index (κ2) is 6.18. The first-order valence-corrected chi connectivity index (χ1v) is 6.39. The van der Waals surface area contributed by atoms with Gasteiger partial charge in [-0.25, -0.2) is 4.79 Å². The zero-order chi connectivity index (χ0) is 13.7. The van der Waals surface area contributed by atoms with E-state index in [9.17, 15) is 14.7 Å². The van der Waals surface area contributed by atoms with E-state index in [2.05, 4.69) is 5.32 Å². The average Bonchev–Trinajstić information content (AvgIpc) is 2.93. The van der Waals surface area contributed by atoms with Crippen molar-refractivity contribution >= 4 is 11.9 Å². The van der Waals surface area contributed by atoms with Crippen molar-refractivity contribution in [3.63, 3.8) is 0 Å². The minimum atomic E-state index is -0.997. The molecule has 1 unspecified atom stereocenters. The number of carbonyl (C=O) groups is 2. The second-order valence-electron chi connectivity index (χ2n) is 4.73. The lowest BCUT2D eigenvalue weighted by atomic mass is 10.0. The topological polar surface area (TPSA) is 66.4 Å². The molecule has 0 heterocycles. The number of benzene rings is 1. The number of hydrogen-bond donors (Lipinski definition) is 2. The summed E-state index contributed by atoms with van der Waals surface area (Å²) in [4.78, 5) is 23.2. The molecule has 1 amide bonds. The molecule has 0 radical (unpaired) electrons. The summed E-state index contributed by atoms with van der Waals surface area (Å²) < 4.78 is 0. The number of rotatable bonds is 5. The van der Waals surface area contributed by atoms with Crippen molar-refractivity contribution in [2.24, 2.45) is 5.92 Å². The van der Waals surface area contributed by atoms with E-state index in [0.717, 1.165) is 5.56 Å². The fourth-order valence-corrected chi connectivity index (χ4v) is 2.17. The van der Waals surface area contributed by atoms with Crippen LogP contribution in [0, 0.1) is 5.92 Å². The summed E-state index contributed by atoms with van der Waals surface area (Å²) in [5.74, 6) is -1.28. The fourth-order valence-electron chi connectivity index (χ4n) is 2.17. The highest BCUT2D eigenvalue weighted by Gasteiger charge is 2.25. The van der Waals surface area contributed by atoms with Gasteiger partial charge in [0.1, 0.15) is 6.04 Å². The molecule has 0 bridgehead atoms. The van der Waals surface area contributed by atoms with Gasteiger partial charge in [-0.15, -0.1) is 0 Å². The van der Waals surface area contributed by atoms with Crippen LogP contribution in [-0.2, 0) is 16.0 Å². The molecule has 1 aliphatic carbocycles. The first-order chi connectivity index (χ1) is 9.16. The number of amides is 1. The molecular formula is C15H17NO3. The molecule has 2 N–H and O–H groups in total. The van der Waals surface area contributed by atoms with Crippen LogP contribution in [-0.4, -0.2) is 23.0 Å². The molecule has 0 saturated carbocycles. The lowest BCUT2D eigenvalue weighted by Crippen LogP contribution is -2.44. The molecule has 1 atom stereocenters. The summed E-state index contributed by atoms with van der Waals surface area (Å²) in [6.45, 7) is 0. The molecular weight excluding hydrogens is 242 g/mol. The number of carboxylic acids is 1. The lowest BCUT2D eigenvalue weighted by molar-refractivity contribution is -0.142. The van der Waals surface area contributed by atoms with Gasteiger partial charge in [-0.05, 0) is 18.4 Å². The minimum Gasteiger partial charge on any atom is -0.480 e. The van der Waals surface area contributed by atoms with Crippen molar-refractivity contribution < 1.29 is 14.7 Å². The Balaban J connectivity index is 1.96. The predicted octanol–water partition coefficient (Wildman–Crippen LogP) is 1.76. The third kappa shape index (κ3) is 3.68. The van der Waals surface area contributed by atoms with E-state index < -0.39 is 12.0 Å². The predicted molar refractivity (Wildman–Crippen MR) is 71.6 cm³/mol. The molecule has 1 aliphatic rings. The van der Waals surface area contributed by atoms with E-state index in [1.54, 1.807) is 0 Å². The molecule has 4 heteroatoms. The van der Waals surface area contributed by atoms with Gasteiger partial charge in [-0.1, -0.05) is 42.5 Å². The van der Waals surface area contributed by atoms with E-state index >= 15 is 0 Å². The Hall–Kier alpha value is -2.10. The minimum absolute atomic E-state index is 0.113. The van der Waals surface area contributed by atoms with E-state index in [0.29, 0.717) is 19.3 Å². The summed E-state index contributed by atoms with van der Waals surface area (Å²) in [7, 11) is 0. The van der Waals surface area contributed by atoms with Crippen LogP contribution in [0.15, 0.2) is 42.5 Å². The highest BCUT2D eigenvalue weighted by molar-refractivity contribution is 5.85. The number of carbonyl (C=O) groups excluding carboxylic acids is 1. The van der Waals surface area contributed by atoms with E-state index in [1.807, 2.05) is 42.5 Å². The molecule has 1 aromatic carbocycles. The highest BCUT2D eigenvalue weighted by atomic mass is 16.4. The molecule has 100 valence electrons. The summed E-state index contributed by atoms with van der Waals surface area (Å²) in [6.07, 6.45) is 5.61. The zero-order valence-corrected chi connectivity index (χ0v) is 10.6. The molecule has 0 aromatic heterocycles. The van der Waals surface area contributed by atoms with Crippen LogP contribution >= 0.6 is 0 Å². The molecule has 0 aliphatic heterocycles. The van der Waals surface area contributed by atoms with Crippen LogP contribution < -0.4 is 5.32 Å². The molecule has 1 aromatic rings. The van der Waals surface area contributed by atoms with E-state index in [4.69, 9.17) is 0 Å². The van der Waals surface area contributed by atoms with Crippen LogP contribution in [0.25, 0.3) is 0 Å². The number of allylic oxidation sites excluding steroid dienone is 2. The average molecular weight is 259 g/mol. The van der Waals surface area contributed by atoms with Gasteiger partial charge in [0, 0.05) is 12.3 Å². The number of carboxylic acid groups (broad SMARTS) is 1. The van der Waals surface area contributed by atoms with Gasteiger partial charge in [-0.3, -0.25) is 4.79 Å². The van der Waals surface area contributed by atoms with Crippen molar-refractivity contribution in [2.45, 2.75) is 25.3 Å². The Morgan fingerprint density at radius 3 is 2.42 bits per heavy atom. The Morgan fingerprint density at radius 1 is 1.21 bits per heavy atom. The van der Waals surface area contributed by atoms with Crippen molar-refractivity contribution in [2.75, 3.05) is 0 Å². The number of aliphatic carboxylic acids is 1. The molecule has 19 heavy (non-hydrogen) atoms. The van der Waals surface area contributed by atoms with Crippen LogP contribution in [0.1, 0.15) is 18.4 Å². The Labute approximate surface area is 112 Å². The third-order valence-corrected chi connectivity index (χ3v) is 3.28. The summed E-state index contributed by atoms with van der Waals surface area (Å²) in [6, 6.07) is 8.45. The Morgan fingerprint density at radius 2 is 1.84 bits per heavy atom. The van der Waals surface area contributed by atoms with Gasteiger partial charge in [0.15, 0.2) is 0 Å². The number of nitrogens with one attached hydrogen (secondary N) is 1. The first-order valence-electron chi connectivity index (χ1n) is 6.39. The van der Waals surface area contributed by atoms with Crippen molar-refractivity contribution in [3.05, 3.63) is 48.0 Å². The smallest absolute Gasteiger partial charge is 0.326 e. The maximum Gasteiger partial charge on any atom is 0.326 e. The van der Waals surface area contributed by atoms with Gasteiger partial charge in [0.05, 0.1) is 0 Å². The van der Waals surface area contributed by atoms with Gasteiger partial charge in [0.2, 0.25) is 5.91 Å². The Bertz CT molecular complexity index is 473. The maximum absolute atomic E-state index is 11.9. The molecule has 0 saturated heterocycles. The fraction of sp³-hybridized carbons (Fsp3) is 0.333. The van der Waals surface area contributed by atoms with Crippen molar-refractivity contribution in [3.8, 4) is 0 Å². The van der Waals surface area contributed by atoms with Crippen molar-refractivity contribution in [1.82, 2.24) is 5.32 Å². The van der Waals surface area contributed by atoms with Gasteiger partial charge >= 0.3 is 5.97 Å². The Kier molecular flexibility index (Phi) is 4.34. The van der Waals surface area contributed by atoms with E-state index in [-0.39, 0.29) is 11.8 Å². The van der Waals surface area contributed by atoms with Crippen molar-refractivity contribution in [1.29, 1.82) is 0 Å². The van der Waals surface area contributed by atoms with Gasteiger partial charge in [0.25, 0.3) is 0 Å². The van der Waals surface area contributed by atoms with Crippen LogP contribution in [0.2, 0.25) is 0 Å². The summed E-state index contributed by atoms with van der Waals surface area (Å²) in [5, 5.41) is 11.8. The summed E-state index contributed by atoms with van der Waals surface area (Å²) in [5.41, 5.74) is 0.903. The monoisotopic (exact) mass is 259 g/mol. The zero-order valence-electron chi connectivity index (χ0n) is 10.6. The van der Waals surface area contributed by atoms with Crippen LogP contribution in [0.3, 0.4) is 0 Å². The lowest BCUT2D eigenvalue weighted by Gasteiger charge is -2.17. The second-order valence-corrected chi connectivity index (χ2v) is 4.73. The highest BCUT2D eigenvalue weighted by Crippen LogP contribution is 2.18. The van der Waals surface area contributed by atoms with E-state index in [1.165, 1.54) is 0 Å². The van der Waals surface area contributed by atoms with Gasteiger partial charge < -0.3 is 10.4 Å². The number of hydrogen-bond acceptors (Lipinski definition) is 2. The maximum atomic E-state index is 11.9. The van der Waals surface area contributed by atoms with Crippen LogP contribution in [0.5, 0.6) is 0 Å².